The van der Waals surface area contributed by atoms with Gasteiger partial charge in [-0.05, 0) is 83.6 Å². The second-order valence-electron chi connectivity index (χ2n) is 6.69. The van der Waals surface area contributed by atoms with Gasteiger partial charge >= 0.3 is 0 Å². The van der Waals surface area contributed by atoms with Crippen molar-refractivity contribution < 1.29 is 14.3 Å². The van der Waals surface area contributed by atoms with Gasteiger partial charge < -0.3 is 14.8 Å². The van der Waals surface area contributed by atoms with Gasteiger partial charge in [-0.1, -0.05) is 0 Å². The first kappa shape index (κ1) is 17.8. The number of ether oxygens (including phenoxy) is 2. The number of amides is 1. The lowest BCUT2D eigenvalue weighted by molar-refractivity contribution is -0.140. The predicted molar refractivity (Wildman–Crippen MR) is 93.1 cm³/mol. The summed E-state index contributed by atoms with van der Waals surface area (Å²) in [4.78, 5) is 12.7. The summed E-state index contributed by atoms with van der Waals surface area (Å²) in [5.41, 5.74) is 2.23. The summed E-state index contributed by atoms with van der Waals surface area (Å²) in [6, 6.07) is 3.94. The molecule has 1 N–H and O–H groups in total. The largest absolute Gasteiger partial charge is 0.490 e. The van der Waals surface area contributed by atoms with E-state index in [0.29, 0.717) is 6.61 Å². The number of aryl methyl sites for hydroxylation is 2. The zero-order chi connectivity index (χ0) is 17.0. The van der Waals surface area contributed by atoms with E-state index in [0.717, 1.165) is 48.2 Å². The second kappa shape index (κ2) is 7.35. The van der Waals surface area contributed by atoms with Gasteiger partial charge in [0, 0.05) is 12.3 Å². The lowest BCUT2D eigenvalue weighted by atomic mass is 10.0. The Morgan fingerprint density at radius 1 is 1.22 bits per heavy atom. The van der Waals surface area contributed by atoms with Crippen molar-refractivity contribution in [1.82, 2.24) is 0 Å². The summed E-state index contributed by atoms with van der Waals surface area (Å²) >= 11 is 0. The molecule has 0 saturated heterocycles. The van der Waals surface area contributed by atoms with Gasteiger partial charge in [0.1, 0.15) is 11.4 Å². The average Bonchev–Trinajstić information content (AvgIpc) is 2.93. The van der Waals surface area contributed by atoms with Crippen LogP contribution in [-0.4, -0.2) is 24.2 Å². The molecule has 1 fully saturated rings. The van der Waals surface area contributed by atoms with Crippen LogP contribution in [0.2, 0.25) is 0 Å². The van der Waals surface area contributed by atoms with Crippen LogP contribution in [0.5, 0.6) is 5.75 Å². The SMILES string of the molecule is CCOC1(C(=O)Nc2cc(C)c(OC(C)C)c(C)c2)CCCC1. The highest BCUT2D eigenvalue weighted by molar-refractivity contribution is 5.97. The Balaban J connectivity index is 2.18. The maximum Gasteiger partial charge on any atom is 0.256 e. The van der Waals surface area contributed by atoms with Crippen LogP contribution in [-0.2, 0) is 9.53 Å². The number of anilines is 1. The quantitative estimate of drug-likeness (QED) is 0.846. The Labute approximate surface area is 139 Å². The molecular formula is C19H29NO3. The fraction of sp³-hybridized carbons (Fsp3) is 0.632. The summed E-state index contributed by atoms with van der Waals surface area (Å²) in [5, 5.41) is 3.05. The molecule has 0 atom stereocenters. The highest BCUT2D eigenvalue weighted by atomic mass is 16.5. The van der Waals surface area contributed by atoms with Crippen LogP contribution < -0.4 is 10.1 Å². The molecule has 0 aromatic heterocycles. The van der Waals surface area contributed by atoms with Gasteiger partial charge in [-0.2, -0.15) is 0 Å². The summed E-state index contributed by atoms with van der Waals surface area (Å²) < 4.78 is 11.7. The minimum Gasteiger partial charge on any atom is -0.490 e. The maximum atomic E-state index is 12.7. The lowest BCUT2D eigenvalue weighted by Gasteiger charge is -2.27. The van der Waals surface area contributed by atoms with Crippen molar-refractivity contribution in [3.63, 3.8) is 0 Å². The molecular weight excluding hydrogens is 290 g/mol. The number of carbonyl (C=O) groups is 1. The van der Waals surface area contributed by atoms with E-state index in [2.05, 4.69) is 5.32 Å². The summed E-state index contributed by atoms with van der Waals surface area (Å²) in [5.74, 6) is 0.881. The van der Waals surface area contributed by atoms with E-state index in [1.807, 2.05) is 46.8 Å². The molecule has 0 aliphatic heterocycles. The van der Waals surface area contributed by atoms with Gasteiger partial charge in [-0.15, -0.1) is 0 Å². The molecule has 23 heavy (non-hydrogen) atoms. The molecule has 1 aromatic rings. The van der Waals surface area contributed by atoms with Crippen molar-refractivity contribution in [2.45, 2.75) is 72.0 Å². The first-order chi connectivity index (χ1) is 10.9. The van der Waals surface area contributed by atoms with E-state index in [4.69, 9.17) is 9.47 Å². The number of nitrogens with one attached hydrogen (secondary N) is 1. The highest BCUT2D eigenvalue weighted by Crippen LogP contribution is 2.35. The average molecular weight is 319 g/mol. The van der Waals surface area contributed by atoms with Crippen molar-refractivity contribution in [1.29, 1.82) is 0 Å². The van der Waals surface area contributed by atoms with Crippen molar-refractivity contribution in [3.8, 4) is 5.75 Å². The molecule has 1 saturated carbocycles. The smallest absolute Gasteiger partial charge is 0.256 e. The van der Waals surface area contributed by atoms with Crippen LogP contribution in [0.25, 0.3) is 0 Å². The molecule has 0 bridgehead atoms. The van der Waals surface area contributed by atoms with Crippen LogP contribution in [0, 0.1) is 13.8 Å². The molecule has 2 rings (SSSR count). The predicted octanol–water partition coefficient (Wildman–Crippen LogP) is 4.38. The molecule has 1 aliphatic carbocycles. The van der Waals surface area contributed by atoms with E-state index < -0.39 is 5.60 Å². The molecule has 128 valence electrons. The molecule has 0 unspecified atom stereocenters. The third-order valence-electron chi connectivity index (χ3n) is 4.32. The van der Waals surface area contributed by atoms with Crippen LogP contribution >= 0.6 is 0 Å². The Morgan fingerprint density at radius 2 is 1.78 bits per heavy atom. The Morgan fingerprint density at radius 3 is 2.26 bits per heavy atom. The third-order valence-corrected chi connectivity index (χ3v) is 4.32. The second-order valence-corrected chi connectivity index (χ2v) is 6.69. The minimum absolute atomic E-state index is 0.0202. The van der Waals surface area contributed by atoms with E-state index >= 15 is 0 Å². The van der Waals surface area contributed by atoms with Gasteiger partial charge in [0.2, 0.25) is 0 Å². The molecule has 0 spiro atoms. The monoisotopic (exact) mass is 319 g/mol. The van der Waals surface area contributed by atoms with Crippen LogP contribution in [0.1, 0.15) is 57.6 Å². The van der Waals surface area contributed by atoms with E-state index in [9.17, 15) is 4.79 Å². The van der Waals surface area contributed by atoms with Crippen LogP contribution in [0.3, 0.4) is 0 Å². The number of hydrogen-bond acceptors (Lipinski definition) is 3. The standard InChI is InChI=1S/C19H29NO3/c1-6-22-19(9-7-8-10-19)18(21)20-16-11-14(4)17(15(5)12-16)23-13(2)3/h11-13H,6-10H2,1-5H3,(H,20,21). The normalized spacial score (nSPS) is 16.6. The van der Waals surface area contributed by atoms with Crippen molar-refractivity contribution in [2.75, 3.05) is 11.9 Å². The molecule has 1 aliphatic rings. The molecule has 1 aromatic carbocycles. The number of hydrogen-bond donors (Lipinski definition) is 1. The topological polar surface area (TPSA) is 47.6 Å². The maximum absolute atomic E-state index is 12.7. The third kappa shape index (κ3) is 4.05. The molecule has 0 heterocycles. The first-order valence-corrected chi connectivity index (χ1v) is 8.61. The van der Waals surface area contributed by atoms with Gasteiger partial charge in [-0.3, -0.25) is 4.79 Å². The minimum atomic E-state index is -0.649. The fourth-order valence-electron chi connectivity index (χ4n) is 3.35. The van der Waals surface area contributed by atoms with E-state index in [-0.39, 0.29) is 12.0 Å². The zero-order valence-corrected chi connectivity index (χ0v) is 15.0. The number of carbonyl (C=O) groups excluding carboxylic acids is 1. The highest BCUT2D eigenvalue weighted by Gasteiger charge is 2.42. The summed E-state index contributed by atoms with van der Waals surface area (Å²) in [6.45, 7) is 10.6. The van der Waals surface area contributed by atoms with Gasteiger partial charge in [0.15, 0.2) is 0 Å². The Hall–Kier alpha value is -1.55. The summed E-state index contributed by atoms with van der Waals surface area (Å²) in [6.07, 6.45) is 3.84. The van der Waals surface area contributed by atoms with Crippen LogP contribution in [0.15, 0.2) is 12.1 Å². The van der Waals surface area contributed by atoms with E-state index in [1.54, 1.807) is 0 Å². The molecule has 4 nitrogen and oxygen atoms in total. The van der Waals surface area contributed by atoms with E-state index in [1.165, 1.54) is 0 Å². The Kier molecular flexibility index (Phi) is 5.69. The van der Waals surface area contributed by atoms with Crippen LogP contribution in [0.4, 0.5) is 5.69 Å². The molecule has 1 amide bonds. The fourth-order valence-corrected chi connectivity index (χ4v) is 3.35. The molecule has 0 radical (unpaired) electrons. The van der Waals surface area contributed by atoms with Gasteiger partial charge in [0.25, 0.3) is 5.91 Å². The number of benzene rings is 1. The lowest BCUT2D eigenvalue weighted by Crippen LogP contribution is -2.43. The van der Waals surface area contributed by atoms with Crippen molar-refractivity contribution in [3.05, 3.63) is 23.3 Å². The Bertz CT molecular complexity index is 537. The van der Waals surface area contributed by atoms with Gasteiger partial charge in [-0.25, -0.2) is 0 Å². The first-order valence-electron chi connectivity index (χ1n) is 8.61. The van der Waals surface area contributed by atoms with Gasteiger partial charge in [0.05, 0.1) is 6.10 Å². The zero-order valence-electron chi connectivity index (χ0n) is 15.0. The van der Waals surface area contributed by atoms with Crippen molar-refractivity contribution in [2.24, 2.45) is 0 Å². The number of rotatable bonds is 6. The molecule has 4 heteroatoms. The van der Waals surface area contributed by atoms with Crippen molar-refractivity contribution >= 4 is 11.6 Å². The summed E-state index contributed by atoms with van der Waals surface area (Å²) in [7, 11) is 0.